The van der Waals surface area contributed by atoms with Gasteiger partial charge in [0.15, 0.2) is 0 Å². The van der Waals surface area contributed by atoms with Gasteiger partial charge in [-0.1, -0.05) is 12.8 Å². The largest absolute Gasteiger partial charge is 0.300 e. The van der Waals surface area contributed by atoms with E-state index in [2.05, 4.69) is 10.8 Å². The van der Waals surface area contributed by atoms with E-state index in [0.29, 0.717) is 5.92 Å². The zero-order valence-electron chi connectivity index (χ0n) is 8.34. The maximum atomic E-state index is 5.43. The van der Waals surface area contributed by atoms with E-state index in [-0.39, 0.29) is 0 Å². The van der Waals surface area contributed by atoms with Crippen molar-refractivity contribution in [1.29, 1.82) is 0 Å². The van der Waals surface area contributed by atoms with Crippen LogP contribution in [0.1, 0.15) is 38.5 Å². The smallest absolute Gasteiger partial charge is 0.0224 e. The summed E-state index contributed by atoms with van der Waals surface area (Å²) in [4.78, 5) is 2.67. The molecule has 0 aromatic rings. The fraction of sp³-hybridized carbons (Fsp3) is 0.833. The summed E-state index contributed by atoms with van der Waals surface area (Å²) >= 11 is 0. The molecule has 1 aliphatic heterocycles. The van der Waals surface area contributed by atoms with E-state index < -0.39 is 0 Å². The highest BCUT2D eigenvalue weighted by Gasteiger charge is 2.25. The molecule has 1 nitrogen and oxygen atoms in total. The standard InChI is InChI=1S/C12H19N/c1-2-11-7-9-13(10-8-11)12-5-3-4-6-12/h1,11-12H,3-10H2. The second-order valence-corrected chi connectivity index (χ2v) is 4.42. The minimum Gasteiger partial charge on any atom is -0.300 e. The molecule has 0 atom stereocenters. The van der Waals surface area contributed by atoms with Gasteiger partial charge in [-0.3, -0.25) is 0 Å². The summed E-state index contributed by atoms with van der Waals surface area (Å²) < 4.78 is 0. The van der Waals surface area contributed by atoms with Crippen molar-refractivity contribution >= 4 is 0 Å². The maximum absolute atomic E-state index is 5.43. The normalized spacial score (nSPS) is 27.6. The predicted molar refractivity (Wildman–Crippen MR) is 55.4 cm³/mol. The Balaban J connectivity index is 1.81. The van der Waals surface area contributed by atoms with Gasteiger partial charge in [0, 0.05) is 12.0 Å². The first-order valence-corrected chi connectivity index (χ1v) is 5.60. The Labute approximate surface area is 81.5 Å². The molecule has 0 N–H and O–H groups in total. The maximum Gasteiger partial charge on any atom is 0.0224 e. The molecule has 1 heterocycles. The van der Waals surface area contributed by atoms with E-state index >= 15 is 0 Å². The molecule has 0 bridgehead atoms. The molecule has 2 aliphatic rings. The van der Waals surface area contributed by atoms with Crippen LogP contribution >= 0.6 is 0 Å². The summed E-state index contributed by atoms with van der Waals surface area (Å²) in [6.45, 7) is 2.50. The molecule has 1 saturated heterocycles. The molecular formula is C12H19N. The second kappa shape index (κ2) is 4.15. The van der Waals surface area contributed by atoms with Crippen molar-refractivity contribution in [3.8, 4) is 12.3 Å². The number of likely N-dealkylation sites (tertiary alicyclic amines) is 1. The van der Waals surface area contributed by atoms with Crippen LogP contribution in [0.3, 0.4) is 0 Å². The van der Waals surface area contributed by atoms with Gasteiger partial charge in [-0.05, 0) is 38.8 Å². The van der Waals surface area contributed by atoms with Crippen LogP contribution < -0.4 is 0 Å². The first-order chi connectivity index (χ1) is 6.40. The number of terminal acetylenes is 1. The molecule has 2 rings (SSSR count). The van der Waals surface area contributed by atoms with Crippen molar-refractivity contribution in [3.05, 3.63) is 0 Å². The molecule has 0 aromatic carbocycles. The average Bonchev–Trinajstić information content (AvgIpc) is 2.71. The average molecular weight is 177 g/mol. The van der Waals surface area contributed by atoms with Crippen LogP contribution in [0.25, 0.3) is 0 Å². The highest BCUT2D eigenvalue weighted by Crippen LogP contribution is 2.27. The fourth-order valence-corrected chi connectivity index (χ4v) is 2.70. The second-order valence-electron chi connectivity index (χ2n) is 4.42. The van der Waals surface area contributed by atoms with Crippen LogP contribution in [0, 0.1) is 18.3 Å². The number of hydrogen-bond donors (Lipinski definition) is 0. The van der Waals surface area contributed by atoms with Gasteiger partial charge in [-0.25, -0.2) is 0 Å². The van der Waals surface area contributed by atoms with Gasteiger partial charge in [-0.2, -0.15) is 0 Å². The zero-order valence-corrected chi connectivity index (χ0v) is 8.34. The van der Waals surface area contributed by atoms with Crippen LogP contribution in [-0.4, -0.2) is 24.0 Å². The molecule has 2 fully saturated rings. The number of rotatable bonds is 1. The Hall–Kier alpha value is -0.480. The first-order valence-electron chi connectivity index (χ1n) is 5.60. The van der Waals surface area contributed by atoms with E-state index in [1.807, 2.05) is 0 Å². The third kappa shape index (κ3) is 2.06. The highest BCUT2D eigenvalue weighted by atomic mass is 15.2. The van der Waals surface area contributed by atoms with Crippen LogP contribution in [0.5, 0.6) is 0 Å². The van der Waals surface area contributed by atoms with Crippen LogP contribution in [-0.2, 0) is 0 Å². The van der Waals surface area contributed by atoms with Crippen LogP contribution in [0.15, 0.2) is 0 Å². The van der Waals surface area contributed by atoms with Crippen molar-refractivity contribution in [2.75, 3.05) is 13.1 Å². The van der Waals surface area contributed by atoms with Gasteiger partial charge in [0.2, 0.25) is 0 Å². The Morgan fingerprint density at radius 1 is 1.00 bits per heavy atom. The Kier molecular flexibility index (Phi) is 2.90. The van der Waals surface area contributed by atoms with E-state index in [1.165, 1.54) is 51.6 Å². The minimum atomic E-state index is 0.567. The van der Waals surface area contributed by atoms with Gasteiger partial charge >= 0.3 is 0 Å². The van der Waals surface area contributed by atoms with Gasteiger partial charge < -0.3 is 4.90 Å². The first kappa shape index (κ1) is 9.09. The topological polar surface area (TPSA) is 3.24 Å². The molecule has 0 spiro atoms. The lowest BCUT2D eigenvalue weighted by Gasteiger charge is -2.34. The monoisotopic (exact) mass is 177 g/mol. The summed E-state index contributed by atoms with van der Waals surface area (Å²) in [5, 5.41) is 0. The third-order valence-corrected chi connectivity index (χ3v) is 3.61. The Morgan fingerprint density at radius 3 is 2.15 bits per heavy atom. The van der Waals surface area contributed by atoms with Crippen LogP contribution in [0.4, 0.5) is 0 Å². The summed E-state index contributed by atoms with van der Waals surface area (Å²) in [5.74, 6) is 3.46. The molecule has 0 unspecified atom stereocenters. The quantitative estimate of drug-likeness (QED) is 0.555. The zero-order chi connectivity index (χ0) is 9.10. The van der Waals surface area contributed by atoms with Crippen molar-refractivity contribution in [2.24, 2.45) is 5.92 Å². The SMILES string of the molecule is C#CC1CCN(C2CCCC2)CC1. The summed E-state index contributed by atoms with van der Waals surface area (Å²) in [6.07, 6.45) is 13.6. The van der Waals surface area contributed by atoms with Crippen molar-refractivity contribution in [2.45, 2.75) is 44.6 Å². The lowest BCUT2D eigenvalue weighted by molar-refractivity contribution is 0.149. The van der Waals surface area contributed by atoms with Crippen molar-refractivity contribution in [3.63, 3.8) is 0 Å². The highest BCUT2D eigenvalue weighted by molar-refractivity contribution is 4.96. The fourth-order valence-electron chi connectivity index (χ4n) is 2.70. The van der Waals surface area contributed by atoms with Crippen LogP contribution in [0.2, 0.25) is 0 Å². The summed E-state index contributed by atoms with van der Waals surface area (Å²) in [7, 11) is 0. The minimum absolute atomic E-state index is 0.567. The molecule has 72 valence electrons. The lowest BCUT2D eigenvalue weighted by atomic mass is 9.96. The summed E-state index contributed by atoms with van der Waals surface area (Å²) in [5.41, 5.74) is 0. The summed E-state index contributed by atoms with van der Waals surface area (Å²) in [6, 6.07) is 0.902. The van der Waals surface area contributed by atoms with E-state index in [0.717, 1.165) is 6.04 Å². The van der Waals surface area contributed by atoms with E-state index in [9.17, 15) is 0 Å². The molecule has 0 amide bonds. The molecular weight excluding hydrogens is 158 g/mol. The number of hydrogen-bond acceptors (Lipinski definition) is 1. The van der Waals surface area contributed by atoms with Gasteiger partial charge in [0.1, 0.15) is 0 Å². The molecule has 13 heavy (non-hydrogen) atoms. The van der Waals surface area contributed by atoms with Crippen molar-refractivity contribution < 1.29 is 0 Å². The van der Waals surface area contributed by atoms with E-state index in [1.54, 1.807) is 0 Å². The number of nitrogens with zero attached hydrogens (tertiary/aromatic N) is 1. The van der Waals surface area contributed by atoms with Gasteiger partial charge in [-0.15, -0.1) is 12.3 Å². The number of piperidine rings is 1. The molecule has 0 aromatic heterocycles. The lowest BCUT2D eigenvalue weighted by Crippen LogP contribution is -2.39. The molecule has 1 heteroatoms. The Bertz CT molecular complexity index is 190. The third-order valence-electron chi connectivity index (χ3n) is 3.61. The van der Waals surface area contributed by atoms with Gasteiger partial charge in [0.25, 0.3) is 0 Å². The van der Waals surface area contributed by atoms with E-state index in [4.69, 9.17) is 6.42 Å². The predicted octanol–water partition coefficient (Wildman–Crippen LogP) is 2.27. The molecule has 0 radical (unpaired) electrons. The van der Waals surface area contributed by atoms with Crippen molar-refractivity contribution in [1.82, 2.24) is 4.90 Å². The molecule has 1 saturated carbocycles. The van der Waals surface area contributed by atoms with Gasteiger partial charge in [0.05, 0.1) is 0 Å². The Morgan fingerprint density at radius 2 is 1.62 bits per heavy atom. The molecule has 1 aliphatic carbocycles.